The van der Waals surface area contributed by atoms with E-state index in [1.807, 2.05) is 30.4 Å². The Balaban J connectivity index is 1.61. The molecule has 3 aromatic rings. The smallest absolute Gasteiger partial charge is 0.119 e. The SMILES string of the molecule is COc1ccc2cc(C(=C3C=CC(=N)C=C3)c3ccc(N4CCCC4)cc3)ccc2c1. The Labute approximate surface area is 183 Å². The van der Waals surface area contributed by atoms with Crippen LogP contribution >= 0.6 is 0 Å². The number of methoxy groups -OCH3 is 1. The number of hydrogen-bond acceptors (Lipinski definition) is 3. The van der Waals surface area contributed by atoms with Crippen molar-refractivity contribution in [3.8, 4) is 5.75 Å². The Morgan fingerprint density at radius 2 is 1.42 bits per heavy atom. The largest absolute Gasteiger partial charge is 0.497 e. The second-order valence-corrected chi connectivity index (χ2v) is 8.12. The molecule has 0 aromatic heterocycles. The molecule has 5 rings (SSSR count). The van der Waals surface area contributed by atoms with Crippen LogP contribution in [0.1, 0.15) is 24.0 Å². The summed E-state index contributed by atoms with van der Waals surface area (Å²) in [6.07, 6.45) is 10.4. The predicted molar refractivity (Wildman–Crippen MR) is 130 cm³/mol. The predicted octanol–water partition coefficient (Wildman–Crippen LogP) is 6.40. The summed E-state index contributed by atoms with van der Waals surface area (Å²) >= 11 is 0. The molecule has 1 fully saturated rings. The lowest BCUT2D eigenvalue weighted by atomic mass is 9.89. The van der Waals surface area contributed by atoms with Gasteiger partial charge in [-0.2, -0.15) is 0 Å². The van der Waals surface area contributed by atoms with Crippen molar-refractivity contribution in [1.29, 1.82) is 5.41 Å². The van der Waals surface area contributed by atoms with Crippen molar-refractivity contribution in [2.45, 2.75) is 12.8 Å². The van der Waals surface area contributed by atoms with Crippen molar-refractivity contribution in [3.63, 3.8) is 0 Å². The van der Waals surface area contributed by atoms with Gasteiger partial charge in [-0.25, -0.2) is 0 Å². The molecule has 3 aromatic carbocycles. The molecule has 0 spiro atoms. The average Bonchev–Trinajstić information content (AvgIpc) is 3.36. The third-order valence-corrected chi connectivity index (χ3v) is 6.14. The van der Waals surface area contributed by atoms with Gasteiger partial charge < -0.3 is 15.0 Å². The summed E-state index contributed by atoms with van der Waals surface area (Å²) in [6, 6.07) is 21.7. The van der Waals surface area contributed by atoms with E-state index in [1.54, 1.807) is 7.11 Å². The third kappa shape index (κ3) is 3.91. The zero-order valence-electron chi connectivity index (χ0n) is 17.8. The Hall–Kier alpha value is -3.59. The molecule has 0 amide bonds. The average molecular weight is 407 g/mol. The van der Waals surface area contributed by atoms with Crippen molar-refractivity contribution in [2.75, 3.05) is 25.1 Å². The summed E-state index contributed by atoms with van der Waals surface area (Å²) in [5, 5.41) is 10.2. The lowest BCUT2D eigenvalue weighted by molar-refractivity contribution is 0.415. The molecule has 1 N–H and O–H groups in total. The number of nitrogens with zero attached hydrogens (tertiary/aromatic N) is 1. The molecular weight excluding hydrogens is 380 g/mol. The van der Waals surface area contributed by atoms with E-state index < -0.39 is 0 Å². The van der Waals surface area contributed by atoms with Crippen LogP contribution in [0, 0.1) is 5.41 Å². The number of rotatable bonds is 4. The van der Waals surface area contributed by atoms with Gasteiger partial charge in [-0.3, -0.25) is 0 Å². The summed E-state index contributed by atoms with van der Waals surface area (Å²) in [7, 11) is 1.70. The fourth-order valence-electron chi connectivity index (χ4n) is 4.46. The lowest BCUT2D eigenvalue weighted by Crippen LogP contribution is -2.17. The van der Waals surface area contributed by atoms with Crippen LogP contribution in [0.4, 0.5) is 5.69 Å². The highest BCUT2D eigenvalue weighted by Gasteiger charge is 2.15. The number of hydrogen-bond donors (Lipinski definition) is 1. The maximum atomic E-state index is 7.89. The normalized spacial score (nSPS) is 15.7. The van der Waals surface area contributed by atoms with Gasteiger partial charge >= 0.3 is 0 Å². The minimum Gasteiger partial charge on any atom is -0.497 e. The molecule has 2 aliphatic rings. The molecule has 1 aliphatic heterocycles. The standard InChI is InChI=1S/C28H26N2O/c1-31-27-15-10-22-18-24(5-4-23(22)19-27)28(20-6-11-25(29)12-7-20)21-8-13-26(14-9-21)30-16-2-3-17-30/h4-15,18-19,29H,2-3,16-17H2,1H3. The van der Waals surface area contributed by atoms with Crippen LogP contribution in [0.3, 0.4) is 0 Å². The van der Waals surface area contributed by atoms with E-state index in [0.717, 1.165) is 29.8 Å². The molecule has 154 valence electrons. The molecule has 0 unspecified atom stereocenters. The molecule has 0 saturated carbocycles. The van der Waals surface area contributed by atoms with Crippen LogP contribution in [0.15, 0.2) is 90.5 Å². The van der Waals surface area contributed by atoms with Crippen LogP contribution in [-0.2, 0) is 0 Å². The fraction of sp³-hybridized carbons (Fsp3) is 0.179. The summed E-state index contributed by atoms with van der Waals surface area (Å²) in [5.74, 6) is 0.869. The first kappa shape index (κ1) is 19.4. The van der Waals surface area contributed by atoms with E-state index in [9.17, 15) is 0 Å². The van der Waals surface area contributed by atoms with Crippen LogP contribution in [0.25, 0.3) is 16.3 Å². The van der Waals surface area contributed by atoms with Gasteiger partial charge in [0.1, 0.15) is 5.75 Å². The topological polar surface area (TPSA) is 36.3 Å². The molecule has 1 saturated heterocycles. The first-order valence-corrected chi connectivity index (χ1v) is 10.8. The Bertz CT molecular complexity index is 1210. The minimum atomic E-state index is 0.526. The molecule has 0 radical (unpaired) electrons. The highest BCUT2D eigenvalue weighted by molar-refractivity contribution is 6.05. The second-order valence-electron chi connectivity index (χ2n) is 8.12. The molecular formula is C28H26N2O. The molecule has 3 nitrogen and oxygen atoms in total. The second kappa shape index (κ2) is 8.27. The van der Waals surface area contributed by atoms with Gasteiger partial charge in [0.25, 0.3) is 0 Å². The van der Waals surface area contributed by atoms with Crippen molar-refractivity contribution < 1.29 is 4.74 Å². The number of nitrogens with one attached hydrogen (secondary N) is 1. The monoisotopic (exact) mass is 406 g/mol. The quantitative estimate of drug-likeness (QED) is 0.544. The molecule has 3 heteroatoms. The van der Waals surface area contributed by atoms with Gasteiger partial charge in [0, 0.05) is 18.8 Å². The zero-order chi connectivity index (χ0) is 21.2. The fourth-order valence-corrected chi connectivity index (χ4v) is 4.46. The number of anilines is 1. The van der Waals surface area contributed by atoms with Crippen LogP contribution in [-0.4, -0.2) is 25.9 Å². The molecule has 0 bridgehead atoms. The van der Waals surface area contributed by atoms with E-state index in [0.29, 0.717) is 5.71 Å². The maximum absolute atomic E-state index is 7.89. The van der Waals surface area contributed by atoms with E-state index in [-0.39, 0.29) is 0 Å². The van der Waals surface area contributed by atoms with Crippen molar-refractivity contribution >= 4 is 27.7 Å². The molecule has 1 aliphatic carbocycles. The van der Waals surface area contributed by atoms with Gasteiger partial charge in [-0.05, 0) is 88.4 Å². The van der Waals surface area contributed by atoms with Gasteiger partial charge in [-0.1, -0.05) is 42.5 Å². The summed E-state index contributed by atoms with van der Waals surface area (Å²) in [6.45, 7) is 2.30. The molecule has 0 atom stereocenters. The van der Waals surface area contributed by atoms with E-state index in [1.165, 1.54) is 40.6 Å². The van der Waals surface area contributed by atoms with Gasteiger partial charge in [0.15, 0.2) is 0 Å². The number of ether oxygens (including phenoxy) is 1. The van der Waals surface area contributed by atoms with Gasteiger partial charge in [0.2, 0.25) is 0 Å². The van der Waals surface area contributed by atoms with Gasteiger partial charge in [-0.15, -0.1) is 0 Å². The van der Waals surface area contributed by atoms with Crippen LogP contribution in [0.2, 0.25) is 0 Å². The van der Waals surface area contributed by atoms with Crippen LogP contribution in [0.5, 0.6) is 5.75 Å². The van der Waals surface area contributed by atoms with E-state index in [4.69, 9.17) is 10.1 Å². The third-order valence-electron chi connectivity index (χ3n) is 6.14. The molecule has 1 heterocycles. The first-order valence-electron chi connectivity index (χ1n) is 10.8. The number of fused-ring (bicyclic) bond motifs is 1. The summed E-state index contributed by atoms with van der Waals surface area (Å²) in [4.78, 5) is 2.46. The van der Waals surface area contributed by atoms with Crippen LogP contribution < -0.4 is 9.64 Å². The maximum Gasteiger partial charge on any atom is 0.119 e. The first-order chi connectivity index (χ1) is 15.2. The highest BCUT2D eigenvalue weighted by atomic mass is 16.5. The van der Waals surface area contributed by atoms with E-state index >= 15 is 0 Å². The lowest BCUT2D eigenvalue weighted by Gasteiger charge is -2.19. The zero-order valence-corrected chi connectivity index (χ0v) is 17.8. The van der Waals surface area contributed by atoms with Crippen molar-refractivity contribution in [1.82, 2.24) is 0 Å². The minimum absolute atomic E-state index is 0.526. The number of benzene rings is 3. The number of allylic oxidation sites excluding steroid dienone is 5. The summed E-state index contributed by atoms with van der Waals surface area (Å²) in [5.41, 5.74) is 6.49. The highest BCUT2D eigenvalue weighted by Crippen LogP contribution is 2.33. The van der Waals surface area contributed by atoms with Crippen molar-refractivity contribution in [2.24, 2.45) is 0 Å². The van der Waals surface area contributed by atoms with E-state index in [2.05, 4.69) is 59.5 Å². The Kier molecular flexibility index (Phi) is 5.17. The van der Waals surface area contributed by atoms with Crippen molar-refractivity contribution in [3.05, 3.63) is 102 Å². The Morgan fingerprint density at radius 3 is 2.13 bits per heavy atom. The molecule has 31 heavy (non-hydrogen) atoms. The van der Waals surface area contributed by atoms with Gasteiger partial charge in [0.05, 0.1) is 12.8 Å². The Morgan fingerprint density at radius 1 is 0.774 bits per heavy atom. The summed E-state index contributed by atoms with van der Waals surface area (Å²) < 4.78 is 5.38.